The molecule has 1 aromatic carbocycles. The lowest BCUT2D eigenvalue weighted by Crippen LogP contribution is -2.65. The zero-order chi connectivity index (χ0) is 22.3. The van der Waals surface area contributed by atoms with E-state index in [2.05, 4.69) is 30.2 Å². The molecule has 5 atom stereocenters. The Hall–Kier alpha value is -2.09. The Balaban J connectivity index is 1.41. The van der Waals surface area contributed by atoms with E-state index < -0.39 is 0 Å². The van der Waals surface area contributed by atoms with Gasteiger partial charge in [-0.3, -0.25) is 4.79 Å². The van der Waals surface area contributed by atoms with Gasteiger partial charge in [-0.25, -0.2) is 0 Å². The molecule has 7 nitrogen and oxygen atoms in total. The SMILES string of the molecule is COCOc1ccc2c3c1O[C@H]1[C@@H](OCCCCOC(C)=O)C=C[C@H]4[C@@H](C2)N(C)CC[C@@]341. The molecule has 0 unspecified atom stereocenters. The number of likely N-dealkylation sites (tertiary alicyclic amines) is 1. The third-order valence-electron chi connectivity index (χ3n) is 7.60. The molecule has 1 spiro atoms. The maximum Gasteiger partial charge on any atom is 0.302 e. The number of carbonyl (C=O) groups excluding carboxylic acids is 1. The summed E-state index contributed by atoms with van der Waals surface area (Å²) < 4.78 is 29.1. The highest BCUT2D eigenvalue weighted by atomic mass is 16.7. The van der Waals surface area contributed by atoms with Gasteiger partial charge in [-0.2, -0.15) is 0 Å². The minimum atomic E-state index is -0.236. The van der Waals surface area contributed by atoms with Gasteiger partial charge in [0.2, 0.25) is 0 Å². The number of esters is 1. The van der Waals surface area contributed by atoms with Crippen LogP contribution >= 0.6 is 0 Å². The first-order valence-corrected chi connectivity index (χ1v) is 11.6. The van der Waals surface area contributed by atoms with Crippen molar-refractivity contribution in [3.05, 3.63) is 35.4 Å². The molecule has 4 aliphatic rings. The first kappa shape index (κ1) is 21.7. The van der Waals surface area contributed by atoms with E-state index in [1.54, 1.807) is 7.11 Å². The molecule has 32 heavy (non-hydrogen) atoms. The molecular formula is C25H33NO6. The molecule has 0 aromatic heterocycles. The van der Waals surface area contributed by atoms with Crippen LogP contribution in [0.3, 0.4) is 0 Å². The van der Waals surface area contributed by atoms with Crippen LogP contribution in [0, 0.1) is 5.92 Å². The quantitative estimate of drug-likeness (QED) is 0.252. The van der Waals surface area contributed by atoms with Gasteiger partial charge in [0.15, 0.2) is 18.3 Å². The smallest absolute Gasteiger partial charge is 0.302 e. The summed E-state index contributed by atoms with van der Waals surface area (Å²) in [5, 5.41) is 0. The number of benzene rings is 1. The summed E-state index contributed by atoms with van der Waals surface area (Å²) in [4.78, 5) is 13.4. The molecular weight excluding hydrogens is 410 g/mol. The van der Waals surface area contributed by atoms with Crippen molar-refractivity contribution >= 4 is 5.97 Å². The normalized spacial score (nSPS) is 31.7. The summed E-state index contributed by atoms with van der Waals surface area (Å²) in [5.41, 5.74) is 2.62. The Kier molecular flexibility index (Phi) is 5.90. The molecule has 7 heteroatoms. The van der Waals surface area contributed by atoms with Gasteiger partial charge in [0.25, 0.3) is 0 Å². The number of hydrogen-bond donors (Lipinski definition) is 0. The largest absolute Gasteiger partial charge is 0.482 e. The van der Waals surface area contributed by atoms with E-state index in [4.69, 9.17) is 23.7 Å². The van der Waals surface area contributed by atoms with E-state index in [1.165, 1.54) is 18.1 Å². The molecule has 5 rings (SSSR count). The topological polar surface area (TPSA) is 66.5 Å². The number of rotatable bonds is 9. The van der Waals surface area contributed by atoms with Crippen LogP contribution in [0.4, 0.5) is 0 Å². The number of carbonyl (C=O) groups is 1. The summed E-state index contributed by atoms with van der Waals surface area (Å²) in [6.07, 6.45) is 8.11. The van der Waals surface area contributed by atoms with E-state index >= 15 is 0 Å². The minimum absolute atomic E-state index is 0.0662. The Morgan fingerprint density at radius 3 is 2.91 bits per heavy atom. The van der Waals surface area contributed by atoms with Crippen molar-refractivity contribution in [2.45, 2.75) is 56.3 Å². The highest BCUT2D eigenvalue weighted by Crippen LogP contribution is 2.62. The zero-order valence-electron chi connectivity index (χ0n) is 19.2. The first-order chi connectivity index (χ1) is 15.6. The Morgan fingerprint density at radius 1 is 1.25 bits per heavy atom. The van der Waals surface area contributed by atoms with E-state index in [9.17, 15) is 4.79 Å². The van der Waals surface area contributed by atoms with Crippen LogP contribution in [0.25, 0.3) is 0 Å². The van der Waals surface area contributed by atoms with E-state index in [0.717, 1.165) is 43.7 Å². The molecule has 1 fully saturated rings. The lowest BCUT2D eigenvalue weighted by molar-refractivity contribution is -0.141. The predicted octanol–water partition coefficient (Wildman–Crippen LogP) is 2.84. The number of piperidine rings is 1. The second-order valence-corrected chi connectivity index (χ2v) is 9.35. The average molecular weight is 444 g/mol. The van der Waals surface area contributed by atoms with Gasteiger partial charge >= 0.3 is 5.97 Å². The Morgan fingerprint density at radius 2 is 2.09 bits per heavy atom. The summed E-state index contributed by atoms with van der Waals surface area (Å²) in [5.74, 6) is 1.80. The van der Waals surface area contributed by atoms with Crippen molar-refractivity contribution in [3.8, 4) is 11.5 Å². The average Bonchev–Trinajstić information content (AvgIpc) is 3.13. The fourth-order valence-electron chi connectivity index (χ4n) is 6.23. The number of methoxy groups -OCH3 is 1. The van der Waals surface area contributed by atoms with E-state index in [-0.39, 0.29) is 30.4 Å². The van der Waals surface area contributed by atoms with Crippen molar-refractivity contribution in [2.75, 3.05) is 40.7 Å². The summed E-state index contributed by atoms with van der Waals surface area (Å²) in [6, 6.07) is 4.71. The van der Waals surface area contributed by atoms with Crippen LogP contribution in [-0.4, -0.2) is 69.8 Å². The summed E-state index contributed by atoms with van der Waals surface area (Å²) in [6.45, 7) is 3.73. The van der Waals surface area contributed by atoms with Crippen molar-refractivity contribution in [2.24, 2.45) is 5.92 Å². The number of hydrogen-bond acceptors (Lipinski definition) is 7. The van der Waals surface area contributed by atoms with Crippen molar-refractivity contribution in [1.29, 1.82) is 0 Å². The van der Waals surface area contributed by atoms with Crippen molar-refractivity contribution < 1.29 is 28.5 Å². The molecule has 2 aliphatic carbocycles. The molecule has 0 amide bonds. The third-order valence-corrected chi connectivity index (χ3v) is 7.60. The molecule has 174 valence electrons. The number of likely N-dealkylation sites (N-methyl/N-ethyl adjacent to an activating group) is 1. The predicted molar refractivity (Wildman–Crippen MR) is 118 cm³/mol. The lowest BCUT2D eigenvalue weighted by atomic mass is 9.53. The van der Waals surface area contributed by atoms with Gasteiger partial charge in [0, 0.05) is 43.6 Å². The van der Waals surface area contributed by atoms with E-state index in [0.29, 0.717) is 25.2 Å². The maximum absolute atomic E-state index is 10.9. The summed E-state index contributed by atoms with van der Waals surface area (Å²) >= 11 is 0. The fourth-order valence-corrected chi connectivity index (χ4v) is 6.23. The summed E-state index contributed by atoms with van der Waals surface area (Å²) in [7, 11) is 3.87. The van der Waals surface area contributed by atoms with Crippen LogP contribution in [0.15, 0.2) is 24.3 Å². The van der Waals surface area contributed by atoms with Crippen LogP contribution < -0.4 is 9.47 Å². The highest BCUT2D eigenvalue weighted by Gasteiger charge is 2.64. The van der Waals surface area contributed by atoms with Gasteiger partial charge in [-0.05, 0) is 50.9 Å². The van der Waals surface area contributed by atoms with Crippen LogP contribution in [0.1, 0.15) is 37.3 Å². The Labute approximate surface area is 189 Å². The monoisotopic (exact) mass is 443 g/mol. The number of unbranched alkanes of at least 4 members (excludes halogenated alkanes) is 1. The van der Waals surface area contributed by atoms with Crippen molar-refractivity contribution in [3.63, 3.8) is 0 Å². The maximum atomic E-state index is 10.9. The molecule has 0 N–H and O–H groups in total. The zero-order valence-corrected chi connectivity index (χ0v) is 19.2. The lowest BCUT2D eigenvalue weighted by Gasteiger charge is -2.56. The van der Waals surface area contributed by atoms with Gasteiger partial charge < -0.3 is 28.6 Å². The fraction of sp³-hybridized carbons (Fsp3) is 0.640. The molecule has 1 aromatic rings. The van der Waals surface area contributed by atoms with E-state index in [1.807, 2.05) is 6.07 Å². The van der Waals surface area contributed by atoms with Crippen LogP contribution in [0.5, 0.6) is 11.5 Å². The van der Waals surface area contributed by atoms with Gasteiger partial charge in [0.1, 0.15) is 12.2 Å². The van der Waals surface area contributed by atoms with Gasteiger partial charge in [0.05, 0.1) is 6.61 Å². The molecule has 0 saturated carbocycles. The van der Waals surface area contributed by atoms with Crippen LogP contribution in [-0.2, 0) is 30.8 Å². The van der Waals surface area contributed by atoms with Gasteiger partial charge in [-0.1, -0.05) is 18.2 Å². The molecule has 2 bridgehead atoms. The molecule has 2 heterocycles. The number of nitrogens with zero attached hydrogens (tertiary/aromatic N) is 1. The van der Waals surface area contributed by atoms with Gasteiger partial charge in [-0.15, -0.1) is 0 Å². The highest BCUT2D eigenvalue weighted by molar-refractivity contribution is 5.65. The molecule has 1 saturated heterocycles. The second kappa shape index (κ2) is 8.69. The first-order valence-electron chi connectivity index (χ1n) is 11.6. The van der Waals surface area contributed by atoms with Crippen molar-refractivity contribution in [1.82, 2.24) is 4.90 Å². The Bertz CT molecular complexity index is 901. The molecule has 2 aliphatic heterocycles. The minimum Gasteiger partial charge on any atom is -0.482 e. The number of ether oxygens (including phenoxy) is 5. The molecule has 0 radical (unpaired) electrons. The van der Waals surface area contributed by atoms with Crippen LogP contribution in [0.2, 0.25) is 0 Å². The third kappa shape index (κ3) is 3.42. The second-order valence-electron chi connectivity index (χ2n) is 9.35. The standard InChI is InChI=1S/C25H33NO6/c1-16(27)29-12-4-5-13-30-21-9-7-18-19-14-17-6-8-20(31-15-28-3)23-22(17)25(18,24(21)32-23)10-11-26(19)2/h6-9,18-19,21,24H,4-5,10-15H2,1-3H3/t18-,19+,21-,24-,25-/m0/s1.